The molecule has 1 amide bonds. The van der Waals surface area contributed by atoms with Crippen LogP contribution in [-0.2, 0) is 21.2 Å². The number of para-hydroxylation sites is 1. The molecule has 1 aliphatic heterocycles. The molecule has 0 fully saturated rings. The van der Waals surface area contributed by atoms with E-state index in [2.05, 4.69) is 15.4 Å². The van der Waals surface area contributed by atoms with Gasteiger partial charge in [0.1, 0.15) is 6.04 Å². The highest BCUT2D eigenvalue weighted by Gasteiger charge is 2.25. The molecule has 0 bridgehead atoms. The van der Waals surface area contributed by atoms with Gasteiger partial charge in [-0.25, -0.2) is 13.1 Å². The fraction of sp³-hybridized carbons (Fsp3) is 0.462. The van der Waals surface area contributed by atoms with Gasteiger partial charge < -0.3 is 10.6 Å². The summed E-state index contributed by atoms with van der Waals surface area (Å²) < 4.78 is 24.1. The number of fused-ring (bicyclic) bond motifs is 1. The van der Waals surface area contributed by atoms with Crippen LogP contribution in [0.5, 0.6) is 0 Å². The third kappa shape index (κ3) is 4.21. The summed E-state index contributed by atoms with van der Waals surface area (Å²) in [5, 5.41) is 5.99. The molecule has 110 valence electrons. The first-order chi connectivity index (χ1) is 9.46. The molecule has 3 N–H and O–H groups in total. The average molecular weight is 297 g/mol. The number of carbonyl (C=O) groups excluding carboxylic acids is 1. The molecule has 1 unspecified atom stereocenters. The predicted octanol–water partition coefficient (Wildman–Crippen LogP) is 0.0787. The van der Waals surface area contributed by atoms with Crippen LogP contribution in [0.1, 0.15) is 12.0 Å². The Morgan fingerprint density at radius 2 is 2.10 bits per heavy atom. The molecule has 1 aromatic rings. The first kappa shape index (κ1) is 14.8. The van der Waals surface area contributed by atoms with Crippen LogP contribution in [0.3, 0.4) is 0 Å². The molecule has 1 atom stereocenters. The van der Waals surface area contributed by atoms with E-state index in [1.807, 2.05) is 24.3 Å². The maximum Gasteiger partial charge on any atom is 0.242 e. The van der Waals surface area contributed by atoms with Gasteiger partial charge in [-0.2, -0.15) is 0 Å². The number of carbonyl (C=O) groups is 1. The lowest BCUT2D eigenvalue weighted by Crippen LogP contribution is -2.39. The van der Waals surface area contributed by atoms with Crippen molar-refractivity contribution in [1.29, 1.82) is 0 Å². The normalized spacial score (nSPS) is 17.4. The molecular weight excluding hydrogens is 278 g/mol. The Labute approximate surface area is 119 Å². The van der Waals surface area contributed by atoms with Crippen LogP contribution in [0.4, 0.5) is 5.69 Å². The molecule has 1 aromatic carbocycles. The summed E-state index contributed by atoms with van der Waals surface area (Å²) in [5.74, 6) is -0.0550. The van der Waals surface area contributed by atoms with Crippen LogP contribution in [0, 0.1) is 0 Å². The van der Waals surface area contributed by atoms with Gasteiger partial charge in [0.25, 0.3) is 0 Å². The highest BCUT2D eigenvalue weighted by Crippen LogP contribution is 2.24. The Hall–Kier alpha value is -1.60. The van der Waals surface area contributed by atoms with Gasteiger partial charge in [0.15, 0.2) is 0 Å². The lowest BCUT2D eigenvalue weighted by atomic mass is 10.1. The van der Waals surface area contributed by atoms with E-state index >= 15 is 0 Å². The number of hydrogen-bond acceptors (Lipinski definition) is 4. The Bertz CT molecular complexity index is 561. The van der Waals surface area contributed by atoms with E-state index in [1.54, 1.807) is 0 Å². The van der Waals surface area contributed by atoms with Gasteiger partial charge in [0.2, 0.25) is 15.9 Å². The van der Waals surface area contributed by atoms with E-state index in [4.69, 9.17) is 0 Å². The number of sulfonamides is 1. The topological polar surface area (TPSA) is 87.3 Å². The molecule has 1 aliphatic rings. The minimum absolute atomic E-state index is 0.0550. The molecule has 0 aliphatic carbocycles. The lowest BCUT2D eigenvalue weighted by Gasteiger charge is -2.11. The molecule has 0 spiro atoms. The highest BCUT2D eigenvalue weighted by atomic mass is 32.2. The summed E-state index contributed by atoms with van der Waals surface area (Å²) in [6.07, 6.45) is 2.37. The van der Waals surface area contributed by atoms with Crippen LogP contribution >= 0.6 is 0 Å². The van der Waals surface area contributed by atoms with E-state index < -0.39 is 10.0 Å². The van der Waals surface area contributed by atoms with Gasteiger partial charge in [-0.1, -0.05) is 18.2 Å². The van der Waals surface area contributed by atoms with Gasteiger partial charge in [0, 0.05) is 25.2 Å². The second-order valence-corrected chi connectivity index (χ2v) is 6.70. The fourth-order valence-electron chi connectivity index (χ4n) is 2.14. The SMILES string of the molecule is CS(=O)(=O)NCCCNC(=O)C1Cc2ccccc2N1. The molecule has 1 heterocycles. The number of anilines is 1. The minimum Gasteiger partial charge on any atom is -0.373 e. The zero-order chi connectivity index (χ0) is 14.6. The fourth-order valence-corrected chi connectivity index (χ4v) is 2.65. The summed E-state index contributed by atoms with van der Waals surface area (Å²) in [7, 11) is -3.15. The molecule has 0 saturated heterocycles. The van der Waals surface area contributed by atoms with E-state index in [0.717, 1.165) is 17.5 Å². The Morgan fingerprint density at radius 1 is 1.35 bits per heavy atom. The zero-order valence-electron chi connectivity index (χ0n) is 11.3. The van der Waals surface area contributed by atoms with Gasteiger partial charge in [-0.15, -0.1) is 0 Å². The monoisotopic (exact) mass is 297 g/mol. The molecule has 7 heteroatoms. The second-order valence-electron chi connectivity index (χ2n) is 4.87. The molecule has 0 aromatic heterocycles. The van der Waals surface area contributed by atoms with Crippen LogP contribution in [-0.4, -0.2) is 39.7 Å². The van der Waals surface area contributed by atoms with Crippen LogP contribution in [0.25, 0.3) is 0 Å². The Balaban J connectivity index is 1.70. The summed E-state index contributed by atoms with van der Waals surface area (Å²) in [6, 6.07) is 7.61. The first-order valence-electron chi connectivity index (χ1n) is 6.52. The van der Waals surface area contributed by atoms with E-state index in [0.29, 0.717) is 25.9 Å². The maximum absolute atomic E-state index is 12.0. The van der Waals surface area contributed by atoms with Crippen molar-refractivity contribution in [3.05, 3.63) is 29.8 Å². The number of nitrogens with one attached hydrogen (secondary N) is 3. The average Bonchev–Trinajstić information content (AvgIpc) is 2.80. The summed E-state index contributed by atoms with van der Waals surface area (Å²) >= 11 is 0. The van der Waals surface area contributed by atoms with E-state index in [1.165, 1.54) is 0 Å². The molecular formula is C13H19N3O3S. The number of rotatable bonds is 6. The van der Waals surface area contributed by atoms with Crippen molar-refractivity contribution in [2.45, 2.75) is 18.9 Å². The van der Waals surface area contributed by atoms with E-state index in [9.17, 15) is 13.2 Å². The molecule has 2 rings (SSSR count). The summed E-state index contributed by atoms with van der Waals surface area (Å²) in [6.45, 7) is 0.785. The van der Waals surface area contributed by atoms with E-state index in [-0.39, 0.29) is 11.9 Å². The number of hydrogen-bond donors (Lipinski definition) is 3. The van der Waals surface area contributed by atoms with Crippen molar-refractivity contribution < 1.29 is 13.2 Å². The number of benzene rings is 1. The first-order valence-corrected chi connectivity index (χ1v) is 8.41. The number of amides is 1. The predicted molar refractivity (Wildman–Crippen MR) is 78.0 cm³/mol. The molecule has 6 nitrogen and oxygen atoms in total. The van der Waals surface area contributed by atoms with Crippen molar-refractivity contribution in [3.63, 3.8) is 0 Å². The maximum atomic E-state index is 12.0. The molecule has 0 saturated carbocycles. The van der Waals surface area contributed by atoms with Crippen molar-refractivity contribution in [2.24, 2.45) is 0 Å². The van der Waals surface area contributed by atoms with Gasteiger partial charge in [0.05, 0.1) is 6.26 Å². The Kier molecular flexibility index (Phi) is 4.61. The summed E-state index contributed by atoms with van der Waals surface area (Å²) in [4.78, 5) is 12.0. The van der Waals surface area contributed by atoms with Crippen LogP contribution in [0.15, 0.2) is 24.3 Å². The quantitative estimate of drug-likeness (QED) is 0.649. The van der Waals surface area contributed by atoms with Gasteiger partial charge in [-0.05, 0) is 18.1 Å². The third-order valence-electron chi connectivity index (χ3n) is 3.10. The van der Waals surface area contributed by atoms with Gasteiger partial charge >= 0.3 is 0 Å². The van der Waals surface area contributed by atoms with Crippen molar-refractivity contribution in [1.82, 2.24) is 10.0 Å². The molecule has 20 heavy (non-hydrogen) atoms. The largest absolute Gasteiger partial charge is 0.373 e. The van der Waals surface area contributed by atoms with Crippen LogP contribution in [0.2, 0.25) is 0 Å². The van der Waals surface area contributed by atoms with Crippen molar-refractivity contribution >= 4 is 21.6 Å². The van der Waals surface area contributed by atoms with Crippen molar-refractivity contribution in [2.75, 3.05) is 24.7 Å². The lowest BCUT2D eigenvalue weighted by molar-refractivity contribution is -0.121. The smallest absolute Gasteiger partial charge is 0.242 e. The van der Waals surface area contributed by atoms with Crippen LogP contribution < -0.4 is 15.4 Å². The summed E-state index contributed by atoms with van der Waals surface area (Å²) in [5.41, 5.74) is 2.15. The highest BCUT2D eigenvalue weighted by molar-refractivity contribution is 7.88. The molecule has 0 radical (unpaired) electrons. The third-order valence-corrected chi connectivity index (χ3v) is 3.83. The minimum atomic E-state index is -3.15. The zero-order valence-corrected chi connectivity index (χ0v) is 12.2. The standard InChI is InChI=1S/C13H19N3O3S/c1-20(18,19)15-8-4-7-14-13(17)12-9-10-5-2-3-6-11(10)16-12/h2-3,5-6,12,15-16H,4,7-9H2,1H3,(H,14,17). The van der Waals surface area contributed by atoms with Gasteiger partial charge in [-0.3, -0.25) is 4.79 Å². The Morgan fingerprint density at radius 3 is 2.80 bits per heavy atom. The second kappa shape index (κ2) is 6.23. The van der Waals surface area contributed by atoms with Crippen molar-refractivity contribution in [3.8, 4) is 0 Å².